The molecule has 2 rings (SSSR count). The number of unbranched alkanes of at least 4 members (excludes halogenated alkanes) is 1. The van der Waals surface area contributed by atoms with E-state index in [2.05, 4.69) is 21.2 Å². The van der Waals surface area contributed by atoms with Crippen molar-refractivity contribution in [3.05, 3.63) is 52.0 Å². The van der Waals surface area contributed by atoms with E-state index in [1.807, 2.05) is 6.92 Å². The van der Waals surface area contributed by atoms with E-state index >= 15 is 0 Å². The highest BCUT2D eigenvalue weighted by atomic mass is 35.5. The number of nitrogens with zero attached hydrogens (tertiary/aromatic N) is 1. The first kappa shape index (κ1) is 26.0. The smallest absolute Gasteiger partial charge is 0.329 e. The summed E-state index contributed by atoms with van der Waals surface area (Å²) in [7, 11) is 1.45. The lowest BCUT2D eigenvalue weighted by atomic mass is 10.2. The molecular formula is C22H24Cl2N4O5. The molecule has 33 heavy (non-hydrogen) atoms. The fourth-order valence-corrected chi connectivity index (χ4v) is 2.77. The van der Waals surface area contributed by atoms with Crippen LogP contribution in [0, 0.1) is 0 Å². The minimum Gasteiger partial charge on any atom is -0.493 e. The van der Waals surface area contributed by atoms with Gasteiger partial charge in [0.15, 0.2) is 18.1 Å². The number of ether oxygens (including phenoxy) is 2. The zero-order valence-corrected chi connectivity index (χ0v) is 19.6. The molecule has 3 amide bonds. The Hall–Kier alpha value is -3.30. The standard InChI is InChI=1S/C22H24Cl2N4O5/c1-3-4-9-25-21(30)22(31)28-26-12-14-5-8-18(19(10-14)32-2)33-13-20(29)27-15-6-7-16(23)17(24)11-15/h5-8,10-12H,3-4,9,13H2,1-2H3,(H,25,30)(H,27,29)(H,28,31)/b26-12-. The second kappa shape index (κ2) is 13.3. The number of hydrazone groups is 1. The SMILES string of the molecule is CCCCNC(=O)C(=O)N/N=C\c1ccc(OCC(=O)Nc2ccc(Cl)c(Cl)c2)c(OC)c1. The molecule has 0 unspecified atom stereocenters. The van der Waals surface area contributed by atoms with Gasteiger partial charge in [-0.1, -0.05) is 36.5 Å². The van der Waals surface area contributed by atoms with Gasteiger partial charge in [0.1, 0.15) is 0 Å². The summed E-state index contributed by atoms with van der Waals surface area (Å²) in [6, 6.07) is 9.56. The zero-order chi connectivity index (χ0) is 24.2. The van der Waals surface area contributed by atoms with Crippen LogP contribution >= 0.6 is 23.2 Å². The molecule has 3 N–H and O–H groups in total. The first-order valence-corrected chi connectivity index (χ1v) is 10.8. The molecule has 0 aliphatic carbocycles. The molecular weight excluding hydrogens is 471 g/mol. The molecule has 2 aromatic carbocycles. The Labute approximate surface area is 201 Å². The number of benzene rings is 2. The van der Waals surface area contributed by atoms with E-state index in [9.17, 15) is 14.4 Å². The van der Waals surface area contributed by atoms with Crippen molar-refractivity contribution in [2.24, 2.45) is 5.10 Å². The van der Waals surface area contributed by atoms with Gasteiger partial charge in [0, 0.05) is 12.2 Å². The number of methoxy groups -OCH3 is 1. The van der Waals surface area contributed by atoms with Gasteiger partial charge in [-0.3, -0.25) is 14.4 Å². The van der Waals surface area contributed by atoms with E-state index in [1.165, 1.54) is 19.4 Å². The third kappa shape index (κ3) is 8.63. The van der Waals surface area contributed by atoms with Gasteiger partial charge in [-0.2, -0.15) is 5.10 Å². The number of amides is 3. The summed E-state index contributed by atoms with van der Waals surface area (Å²) < 4.78 is 10.8. The first-order chi connectivity index (χ1) is 15.8. The number of hydrogen-bond acceptors (Lipinski definition) is 6. The van der Waals surface area contributed by atoms with Gasteiger partial charge < -0.3 is 20.1 Å². The van der Waals surface area contributed by atoms with Crippen LogP contribution in [-0.4, -0.2) is 44.2 Å². The van der Waals surface area contributed by atoms with E-state index in [1.54, 1.807) is 30.3 Å². The average Bonchev–Trinajstić information content (AvgIpc) is 2.80. The number of anilines is 1. The molecule has 9 nitrogen and oxygen atoms in total. The minimum atomic E-state index is -0.859. The van der Waals surface area contributed by atoms with Gasteiger partial charge in [-0.15, -0.1) is 0 Å². The zero-order valence-electron chi connectivity index (χ0n) is 18.1. The van der Waals surface area contributed by atoms with Crippen LogP contribution in [0.2, 0.25) is 10.0 Å². The van der Waals surface area contributed by atoms with Crippen molar-refractivity contribution < 1.29 is 23.9 Å². The van der Waals surface area contributed by atoms with Crippen molar-refractivity contribution in [3.63, 3.8) is 0 Å². The van der Waals surface area contributed by atoms with Crippen LogP contribution in [0.3, 0.4) is 0 Å². The van der Waals surface area contributed by atoms with Crippen LogP contribution in [0.1, 0.15) is 25.3 Å². The summed E-state index contributed by atoms with van der Waals surface area (Å²) in [5, 5.41) is 9.61. The quantitative estimate of drug-likeness (QED) is 0.202. The van der Waals surface area contributed by atoms with E-state index < -0.39 is 17.7 Å². The molecule has 0 aliphatic heterocycles. The summed E-state index contributed by atoms with van der Waals surface area (Å²) in [4.78, 5) is 35.4. The lowest BCUT2D eigenvalue weighted by Crippen LogP contribution is -2.38. The van der Waals surface area contributed by atoms with Crippen LogP contribution in [0.25, 0.3) is 0 Å². The predicted octanol–water partition coefficient (Wildman–Crippen LogP) is 3.39. The Morgan fingerprint density at radius 1 is 1.03 bits per heavy atom. The molecule has 2 aromatic rings. The number of carbonyl (C=O) groups is 3. The maximum Gasteiger partial charge on any atom is 0.329 e. The molecule has 0 heterocycles. The fourth-order valence-electron chi connectivity index (χ4n) is 2.47. The third-order valence-electron chi connectivity index (χ3n) is 4.15. The van der Waals surface area contributed by atoms with Crippen molar-refractivity contribution in [3.8, 4) is 11.5 Å². The molecule has 0 radical (unpaired) electrons. The second-order valence-corrected chi connectivity index (χ2v) is 7.50. The number of carbonyl (C=O) groups excluding carboxylic acids is 3. The van der Waals surface area contributed by atoms with Gasteiger partial charge >= 0.3 is 11.8 Å². The van der Waals surface area contributed by atoms with Crippen LogP contribution in [0.15, 0.2) is 41.5 Å². The van der Waals surface area contributed by atoms with E-state index in [4.69, 9.17) is 32.7 Å². The number of rotatable bonds is 10. The molecule has 0 saturated heterocycles. The normalized spacial score (nSPS) is 10.5. The number of hydrogen-bond donors (Lipinski definition) is 3. The van der Waals surface area contributed by atoms with Gasteiger partial charge in [0.2, 0.25) is 0 Å². The molecule has 11 heteroatoms. The van der Waals surface area contributed by atoms with Crippen molar-refractivity contribution in [1.29, 1.82) is 0 Å². The Bertz CT molecular complexity index is 1030. The average molecular weight is 495 g/mol. The molecule has 0 aromatic heterocycles. The summed E-state index contributed by atoms with van der Waals surface area (Å²) in [5.41, 5.74) is 3.22. The molecule has 176 valence electrons. The third-order valence-corrected chi connectivity index (χ3v) is 4.89. The molecule has 0 bridgehead atoms. The highest BCUT2D eigenvalue weighted by Crippen LogP contribution is 2.28. The molecule has 0 atom stereocenters. The van der Waals surface area contributed by atoms with Gasteiger partial charge in [0.25, 0.3) is 5.91 Å². The van der Waals surface area contributed by atoms with Gasteiger partial charge in [-0.25, -0.2) is 5.43 Å². The predicted molar refractivity (Wildman–Crippen MR) is 127 cm³/mol. The fraction of sp³-hybridized carbons (Fsp3) is 0.273. The monoisotopic (exact) mass is 494 g/mol. The number of halogens is 2. The Kier molecular flexibility index (Phi) is 10.5. The summed E-state index contributed by atoms with van der Waals surface area (Å²) in [5.74, 6) is -1.33. The minimum absolute atomic E-state index is 0.271. The van der Waals surface area contributed by atoms with Crippen molar-refractivity contribution in [2.45, 2.75) is 19.8 Å². The van der Waals surface area contributed by atoms with E-state index in [-0.39, 0.29) is 6.61 Å². The first-order valence-electron chi connectivity index (χ1n) is 10.0. The Morgan fingerprint density at radius 2 is 1.82 bits per heavy atom. The largest absolute Gasteiger partial charge is 0.493 e. The van der Waals surface area contributed by atoms with Crippen LogP contribution in [-0.2, 0) is 14.4 Å². The molecule has 0 aliphatic rings. The maximum atomic E-state index is 12.1. The maximum absolute atomic E-state index is 12.1. The van der Waals surface area contributed by atoms with Crippen LogP contribution in [0.4, 0.5) is 5.69 Å². The van der Waals surface area contributed by atoms with E-state index in [0.717, 1.165) is 12.8 Å². The van der Waals surface area contributed by atoms with E-state index in [0.29, 0.717) is 39.3 Å². The lowest BCUT2D eigenvalue weighted by molar-refractivity contribution is -0.139. The Morgan fingerprint density at radius 3 is 2.52 bits per heavy atom. The van der Waals surface area contributed by atoms with Crippen LogP contribution in [0.5, 0.6) is 11.5 Å². The second-order valence-electron chi connectivity index (χ2n) is 6.68. The van der Waals surface area contributed by atoms with Crippen molar-refractivity contribution in [1.82, 2.24) is 10.7 Å². The molecule has 0 fully saturated rings. The topological polar surface area (TPSA) is 118 Å². The molecule has 0 spiro atoms. The Balaban J connectivity index is 1.89. The van der Waals surface area contributed by atoms with Crippen LogP contribution < -0.4 is 25.5 Å². The van der Waals surface area contributed by atoms with Crippen molar-refractivity contribution in [2.75, 3.05) is 25.6 Å². The highest BCUT2D eigenvalue weighted by Gasteiger charge is 2.12. The molecule has 0 saturated carbocycles. The summed E-state index contributed by atoms with van der Waals surface area (Å²) in [6.07, 6.45) is 3.04. The van der Waals surface area contributed by atoms with Crippen molar-refractivity contribution >= 4 is 52.8 Å². The summed E-state index contributed by atoms with van der Waals surface area (Å²) >= 11 is 11.8. The van der Waals surface area contributed by atoms with Gasteiger partial charge in [0.05, 0.1) is 23.4 Å². The number of nitrogens with one attached hydrogen (secondary N) is 3. The highest BCUT2D eigenvalue weighted by molar-refractivity contribution is 6.42. The van der Waals surface area contributed by atoms with Gasteiger partial charge in [-0.05, 0) is 48.4 Å². The summed E-state index contributed by atoms with van der Waals surface area (Å²) in [6.45, 7) is 2.14. The lowest BCUT2D eigenvalue weighted by Gasteiger charge is -2.11.